The van der Waals surface area contributed by atoms with E-state index in [0.717, 1.165) is 0 Å². The molecular weight excluding hydrogens is 222 g/mol. The molecule has 0 atom stereocenters. The van der Waals surface area contributed by atoms with E-state index in [-0.39, 0.29) is 24.2 Å². The summed E-state index contributed by atoms with van der Waals surface area (Å²) in [7, 11) is 2.86. The maximum atomic E-state index is 11.3. The molecule has 0 fully saturated rings. The number of carbonyl (C=O) groups excluding carboxylic acids is 2. The minimum absolute atomic E-state index is 0.0924. The van der Waals surface area contributed by atoms with Gasteiger partial charge in [-0.05, 0) is 0 Å². The summed E-state index contributed by atoms with van der Waals surface area (Å²) in [6.45, 7) is 1.16. The highest BCUT2D eigenvalue weighted by Crippen LogP contribution is 1.96. The van der Waals surface area contributed by atoms with Crippen LogP contribution in [0.3, 0.4) is 0 Å². The van der Waals surface area contributed by atoms with Crippen LogP contribution in [0.25, 0.3) is 0 Å². The molecule has 0 unspecified atom stereocenters. The van der Waals surface area contributed by atoms with Gasteiger partial charge in [-0.1, -0.05) is 0 Å². The number of carbonyl (C=O) groups is 2. The number of hydrogen-bond acceptors (Lipinski definition) is 4. The second-order valence-electron chi connectivity index (χ2n) is 2.83. The highest BCUT2D eigenvalue weighted by molar-refractivity contribution is 6.27. The largest absolute Gasteiger partial charge is 0.469 e. The van der Waals surface area contributed by atoms with Crippen molar-refractivity contribution in [2.75, 3.05) is 39.8 Å². The fraction of sp³-hybridized carbons (Fsp3) is 0.778. The molecule has 0 bridgehead atoms. The molecule has 0 radical (unpaired) electrons. The summed E-state index contributed by atoms with van der Waals surface area (Å²) in [5, 5.41) is 0. The van der Waals surface area contributed by atoms with Crippen molar-refractivity contribution >= 4 is 23.5 Å². The van der Waals surface area contributed by atoms with Gasteiger partial charge in [-0.2, -0.15) is 0 Å². The number of methoxy groups -OCH3 is 2. The summed E-state index contributed by atoms with van der Waals surface area (Å²) < 4.78 is 9.32. The van der Waals surface area contributed by atoms with Crippen molar-refractivity contribution in [3.63, 3.8) is 0 Å². The molecule has 0 aliphatic rings. The number of rotatable bonds is 7. The second-order valence-corrected chi connectivity index (χ2v) is 3.10. The van der Waals surface area contributed by atoms with Crippen molar-refractivity contribution in [3.05, 3.63) is 0 Å². The molecule has 0 aromatic carbocycles. The highest BCUT2D eigenvalue weighted by Gasteiger charge is 2.13. The zero-order valence-electron chi connectivity index (χ0n) is 8.99. The number of ether oxygens (including phenoxy) is 2. The Labute approximate surface area is 94.3 Å². The van der Waals surface area contributed by atoms with Crippen LogP contribution in [0.2, 0.25) is 0 Å². The molecule has 0 saturated heterocycles. The Bertz CT molecular complexity index is 210. The van der Waals surface area contributed by atoms with E-state index in [1.165, 1.54) is 12.0 Å². The van der Waals surface area contributed by atoms with Gasteiger partial charge in [0.2, 0.25) is 5.91 Å². The molecule has 0 spiro atoms. The molecule has 88 valence electrons. The molecule has 6 heteroatoms. The zero-order chi connectivity index (χ0) is 11.7. The molecule has 15 heavy (non-hydrogen) atoms. The fourth-order valence-corrected chi connectivity index (χ4v) is 1.14. The lowest BCUT2D eigenvalue weighted by atomic mass is 10.3. The Morgan fingerprint density at radius 2 is 1.93 bits per heavy atom. The van der Waals surface area contributed by atoms with Crippen molar-refractivity contribution in [1.29, 1.82) is 0 Å². The van der Waals surface area contributed by atoms with Gasteiger partial charge in [0.15, 0.2) is 0 Å². The topological polar surface area (TPSA) is 55.8 Å². The lowest BCUT2D eigenvalue weighted by molar-refractivity contribution is -0.141. The Kier molecular flexibility index (Phi) is 8.04. The fourth-order valence-electron chi connectivity index (χ4n) is 0.976. The molecule has 0 aromatic heterocycles. The summed E-state index contributed by atoms with van der Waals surface area (Å²) in [6, 6.07) is 0. The van der Waals surface area contributed by atoms with Crippen LogP contribution in [0, 0.1) is 0 Å². The smallest absolute Gasteiger partial charge is 0.307 e. The normalized spacial score (nSPS) is 9.80. The molecule has 5 nitrogen and oxygen atoms in total. The van der Waals surface area contributed by atoms with Gasteiger partial charge < -0.3 is 14.4 Å². The standard InChI is InChI=1S/C9H16ClNO4/c1-14-6-5-11(8(12)7-10)4-3-9(13)15-2/h3-7H2,1-2H3. The predicted octanol–water partition coefficient (Wildman–Crippen LogP) is 0.263. The van der Waals surface area contributed by atoms with E-state index in [1.807, 2.05) is 0 Å². The van der Waals surface area contributed by atoms with E-state index < -0.39 is 0 Å². The Balaban J connectivity index is 4.00. The first kappa shape index (κ1) is 14.2. The molecule has 0 rings (SSSR count). The van der Waals surface area contributed by atoms with Gasteiger partial charge in [0.25, 0.3) is 0 Å². The molecule has 0 aromatic rings. The average Bonchev–Trinajstić information content (AvgIpc) is 2.27. The van der Waals surface area contributed by atoms with Gasteiger partial charge in [-0.25, -0.2) is 0 Å². The number of halogens is 1. The SMILES string of the molecule is COCCN(CCC(=O)OC)C(=O)CCl. The number of nitrogens with zero attached hydrogens (tertiary/aromatic N) is 1. The molecule has 1 amide bonds. The first-order valence-electron chi connectivity index (χ1n) is 4.55. The molecular formula is C9H16ClNO4. The minimum atomic E-state index is -0.347. The van der Waals surface area contributed by atoms with Crippen molar-refractivity contribution in [3.8, 4) is 0 Å². The van der Waals surface area contributed by atoms with E-state index in [4.69, 9.17) is 16.3 Å². The van der Waals surface area contributed by atoms with Gasteiger partial charge in [0.05, 0.1) is 20.1 Å². The van der Waals surface area contributed by atoms with Gasteiger partial charge in [-0.15, -0.1) is 11.6 Å². The number of amides is 1. The summed E-state index contributed by atoms with van der Waals surface area (Å²) in [6.07, 6.45) is 0.169. The van der Waals surface area contributed by atoms with Crippen molar-refractivity contribution in [2.45, 2.75) is 6.42 Å². The van der Waals surface area contributed by atoms with E-state index in [9.17, 15) is 9.59 Å². The molecule has 0 heterocycles. The summed E-state index contributed by atoms with van der Waals surface area (Å²) in [5.41, 5.74) is 0. The van der Waals surface area contributed by atoms with E-state index in [0.29, 0.717) is 19.7 Å². The summed E-state index contributed by atoms with van der Waals surface area (Å²) >= 11 is 5.43. The first-order valence-corrected chi connectivity index (χ1v) is 5.08. The number of hydrogen-bond donors (Lipinski definition) is 0. The quantitative estimate of drug-likeness (QED) is 0.471. The Hall–Kier alpha value is -0.810. The van der Waals surface area contributed by atoms with Gasteiger partial charge in [0, 0.05) is 20.2 Å². The van der Waals surface area contributed by atoms with Gasteiger partial charge in [-0.3, -0.25) is 9.59 Å². The third kappa shape index (κ3) is 6.30. The van der Waals surface area contributed by atoms with Crippen molar-refractivity contribution < 1.29 is 19.1 Å². The maximum absolute atomic E-state index is 11.3. The van der Waals surface area contributed by atoms with Crippen LogP contribution in [0.1, 0.15) is 6.42 Å². The van der Waals surface area contributed by atoms with E-state index in [1.54, 1.807) is 7.11 Å². The lowest BCUT2D eigenvalue weighted by Crippen LogP contribution is -2.36. The zero-order valence-corrected chi connectivity index (χ0v) is 9.75. The Morgan fingerprint density at radius 3 is 2.40 bits per heavy atom. The van der Waals surface area contributed by atoms with Gasteiger partial charge >= 0.3 is 5.97 Å². The summed E-state index contributed by atoms with van der Waals surface area (Å²) in [4.78, 5) is 23.7. The average molecular weight is 238 g/mol. The Morgan fingerprint density at radius 1 is 1.27 bits per heavy atom. The van der Waals surface area contributed by atoms with Crippen LogP contribution in [-0.4, -0.2) is 56.6 Å². The van der Waals surface area contributed by atoms with E-state index >= 15 is 0 Å². The molecule has 0 saturated carbocycles. The van der Waals surface area contributed by atoms with Crippen LogP contribution < -0.4 is 0 Å². The molecule has 0 N–H and O–H groups in total. The minimum Gasteiger partial charge on any atom is -0.469 e. The third-order valence-electron chi connectivity index (χ3n) is 1.85. The number of esters is 1. The number of alkyl halides is 1. The van der Waals surface area contributed by atoms with Crippen LogP contribution >= 0.6 is 11.6 Å². The summed E-state index contributed by atoms with van der Waals surface area (Å²) in [5.74, 6) is -0.650. The van der Waals surface area contributed by atoms with Crippen molar-refractivity contribution in [2.24, 2.45) is 0 Å². The maximum Gasteiger partial charge on any atom is 0.307 e. The van der Waals surface area contributed by atoms with Crippen LogP contribution in [0.4, 0.5) is 0 Å². The third-order valence-corrected chi connectivity index (χ3v) is 2.07. The highest BCUT2D eigenvalue weighted by atomic mass is 35.5. The molecule has 0 aliphatic carbocycles. The van der Waals surface area contributed by atoms with Crippen LogP contribution in [0.15, 0.2) is 0 Å². The molecule has 0 aliphatic heterocycles. The van der Waals surface area contributed by atoms with E-state index in [2.05, 4.69) is 4.74 Å². The van der Waals surface area contributed by atoms with Crippen LogP contribution in [-0.2, 0) is 19.1 Å². The van der Waals surface area contributed by atoms with Crippen LogP contribution in [0.5, 0.6) is 0 Å². The van der Waals surface area contributed by atoms with Gasteiger partial charge in [0.1, 0.15) is 5.88 Å². The predicted molar refractivity (Wildman–Crippen MR) is 55.8 cm³/mol. The van der Waals surface area contributed by atoms with Crippen molar-refractivity contribution in [1.82, 2.24) is 4.90 Å². The monoisotopic (exact) mass is 237 g/mol. The second kappa shape index (κ2) is 8.49. The lowest BCUT2D eigenvalue weighted by Gasteiger charge is -2.20. The first-order chi connectivity index (χ1) is 7.15.